The van der Waals surface area contributed by atoms with Gasteiger partial charge in [0, 0.05) is 38.4 Å². The zero-order chi connectivity index (χ0) is 17.3. The van der Waals surface area contributed by atoms with Crippen LogP contribution >= 0.6 is 0 Å². The lowest BCUT2D eigenvalue weighted by molar-refractivity contribution is 0.0766. The molecule has 0 N–H and O–H groups in total. The van der Waals surface area contributed by atoms with Crippen LogP contribution in [0.5, 0.6) is 0 Å². The first-order valence-corrected chi connectivity index (χ1v) is 8.29. The molecule has 0 unspecified atom stereocenters. The second kappa shape index (κ2) is 6.47. The number of aryl methyl sites for hydroxylation is 1. The number of aromatic nitrogens is 2. The molecule has 6 heteroatoms. The maximum absolute atomic E-state index is 12.9. The zero-order valence-corrected chi connectivity index (χ0v) is 14.3. The third-order valence-electron chi connectivity index (χ3n) is 4.50. The molecule has 0 spiro atoms. The summed E-state index contributed by atoms with van der Waals surface area (Å²) in [5.41, 5.74) is 2.87. The van der Waals surface area contributed by atoms with Crippen molar-refractivity contribution < 1.29 is 9.59 Å². The Bertz CT molecular complexity index is 777. The molecule has 2 heterocycles. The highest BCUT2D eigenvalue weighted by Crippen LogP contribution is 2.28. The molecule has 2 amide bonds. The molecule has 1 aromatic carbocycles. The molecule has 1 aliphatic heterocycles. The number of hydrogen-bond donors (Lipinski definition) is 0. The molecule has 0 saturated carbocycles. The molecule has 0 saturated heterocycles. The van der Waals surface area contributed by atoms with E-state index in [1.807, 2.05) is 38.1 Å². The number of benzene rings is 1. The molecule has 1 aromatic heterocycles. The van der Waals surface area contributed by atoms with Gasteiger partial charge < -0.3 is 9.80 Å². The van der Waals surface area contributed by atoms with Crippen LogP contribution < -0.4 is 4.90 Å². The minimum absolute atomic E-state index is 0.117. The van der Waals surface area contributed by atoms with Gasteiger partial charge in [-0.05, 0) is 31.9 Å². The lowest BCUT2D eigenvalue weighted by Gasteiger charge is -2.17. The Morgan fingerprint density at radius 1 is 1.21 bits per heavy atom. The van der Waals surface area contributed by atoms with E-state index in [-0.39, 0.29) is 11.8 Å². The summed E-state index contributed by atoms with van der Waals surface area (Å²) in [6, 6.07) is 9.52. The smallest absolute Gasteiger partial charge is 0.276 e. The highest BCUT2D eigenvalue weighted by atomic mass is 16.2. The van der Waals surface area contributed by atoms with Crippen molar-refractivity contribution in [3.8, 4) is 0 Å². The Kier molecular flexibility index (Phi) is 4.38. The predicted molar refractivity (Wildman–Crippen MR) is 92.3 cm³/mol. The second-order valence-electron chi connectivity index (χ2n) is 5.85. The van der Waals surface area contributed by atoms with Crippen LogP contribution in [-0.2, 0) is 13.5 Å². The zero-order valence-electron chi connectivity index (χ0n) is 14.3. The Morgan fingerprint density at radius 2 is 1.92 bits per heavy atom. The van der Waals surface area contributed by atoms with E-state index < -0.39 is 0 Å². The van der Waals surface area contributed by atoms with E-state index in [4.69, 9.17) is 0 Å². The second-order valence-corrected chi connectivity index (χ2v) is 5.85. The molecule has 1 aliphatic rings. The molecular weight excluding hydrogens is 304 g/mol. The van der Waals surface area contributed by atoms with Gasteiger partial charge in [-0.15, -0.1) is 0 Å². The van der Waals surface area contributed by atoms with Gasteiger partial charge >= 0.3 is 0 Å². The lowest BCUT2D eigenvalue weighted by atomic mass is 10.2. The Morgan fingerprint density at radius 3 is 2.62 bits per heavy atom. The predicted octanol–water partition coefficient (Wildman–Crippen LogP) is 2.10. The third kappa shape index (κ3) is 2.68. The number of rotatable bonds is 4. The van der Waals surface area contributed by atoms with E-state index in [2.05, 4.69) is 5.10 Å². The van der Waals surface area contributed by atoms with Crippen molar-refractivity contribution >= 4 is 17.5 Å². The maximum Gasteiger partial charge on any atom is 0.276 e. The van der Waals surface area contributed by atoms with Gasteiger partial charge in [-0.2, -0.15) is 5.10 Å². The number of fused-ring (bicyclic) bond motifs is 1. The molecular formula is C18H22N4O2. The van der Waals surface area contributed by atoms with Crippen molar-refractivity contribution in [2.24, 2.45) is 7.05 Å². The number of amides is 2. The lowest BCUT2D eigenvalue weighted by Crippen LogP contribution is -2.31. The van der Waals surface area contributed by atoms with Gasteiger partial charge in [0.15, 0.2) is 5.69 Å². The summed E-state index contributed by atoms with van der Waals surface area (Å²) < 4.78 is 1.50. The summed E-state index contributed by atoms with van der Waals surface area (Å²) in [5.74, 6) is -0.259. The Balaban J connectivity index is 1.88. The van der Waals surface area contributed by atoms with Gasteiger partial charge in [0.05, 0.1) is 0 Å². The molecule has 0 fully saturated rings. The number of carbonyl (C=O) groups excluding carboxylic acids is 2. The normalized spacial score (nSPS) is 13.0. The number of para-hydroxylation sites is 1. The first-order valence-electron chi connectivity index (χ1n) is 8.29. The number of carbonyl (C=O) groups is 2. The molecule has 24 heavy (non-hydrogen) atoms. The highest BCUT2D eigenvalue weighted by molar-refractivity contribution is 6.07. The molecule has 3 rings (SSSR count). The van der Waals surface area contributed by atoms with Gasteiger partial charge in [-0.25, -0.2) is 0 Å². The topological polar surface area (TPSA) is 58.4 Å². The monoisotopic (exact) mass is 326 g/mol. The molecule has 0 atom stereocenters. The number of anilines is 1. The van der Waals surface area contributed by atoms with Crippen molar-refractivity contribution in [1.29, 1.82) is 0 Å². The van der Waals surface area contributed by atoms with Gasteiger partial charge in [0.2, 0.25) is 0 Å². The first-order chi connectivity index (χ1) is 11.6. The standard InChI is InChI=1S/C18H22N4O2/c1-4-21(5-2)17(23)14-12-16(20(3)19-14)18(24)22-11-10-13-8-6-7-9-15(13)22/h6-9,12H,4-5,10-11H2,1-3H3. The van der Waals surface area contributed by atoms with Crippen molar-refractivity contribution in [3.63, 3.8) is 0 Å². The highest BCUT2D eigenvalue weighted by Gasteiger charge is 2.28. The first kappa shape index (κ1) is 16.2. The molecule has 6 nitrogen and oxygen atoms in total. The summed E-state index contributed by atoms with van der Waals surface area (Å²) in [7, 11) is 1.70. The van der Waals surface area contributed by atoms with Crippen LogP contribution in [-0.4, -0.2) is 46.1 Å². The van der Waals surface area contributed by atoms with Crippen LogP contribution in [0.4, 0.5) is 5.69 Å². The van der Waals surface area contributed by atoms with Gasteiger partial charge in [0.25, 0.3) is 11.8 Å². The molecule has 0 aliphatic carbocycles. The SMILES string of the molecule is CCN(CC)C(=O)c1cc(C(=O)N2CCc3ccccc32)n(C)n1. The Hall–Kier alpha value is -2.63. The number of hydrogen-bond acceptors (Lipinski definition) is 3. The number of nitrogens with zero attached hydrogens (tertiary/aromatic N) is 4. The van der Waals surface area contributed by atoms with Crippen LogP contribution in [0.15, 0.2) is 30.3 Å². The van der Waals surface area contributed by atoms with E-state index in [0.717, 1.165) is 12.1 Å². The van der Waals surface area contributed by atoms with E-state index in [1.165, 1.54) is 10.2 Å². The summed E-state index contributed by atoms with van der Waals surface area (Å²) >= 11 is 0. The van der Waals surface area contributed by atoms with Crippen LogP contribution in [0.2, 0.25) is 0 Å². The van der Waals surface area contributed by atoms with Crippen LogP contribution in [0, 0.1) is 0 Å². The van der Waals surface area contributed by atoms with Gasteiger partial charge in [0.1, 0.15) is 5.69 Å². The summed E-state index contributed by atoms with van der Waals surface area (Å²) in [4.78, 5) is 28.8. The summed E-state index contributed by atoms with van der Waals surface area (Å²) in [6.07, 6.45) is 0.852. The average molecular weight is 326 g/mol. The molecule has 0 radical (unpaired) electrons. The minimum atomic E-state index is -0.142. The molecule has 2 aromatic rings. The van der Waals surface area contributed by atoms with Crippen molar-refractivity contribution in [1.82, 2.24) is 14.7 Å². The maximum atomic E-state index is 12.9. The molecule has 0 bridgehead atoms. The van der Waals surface area contributed by atoms with Crippen molar-refractivity contribution in [2.75, 3.05) is 24.5 Å². The quantitative estimate of drug-likeness (QED) is 0.864. The van der Waals surface area contributed by atoms with E-state index in [1.54, 1.807) is 22.9 Å². The van der Waals surface area contributed by atoms with Crippen LogP contribution in [0.1, 0.15) is 40.4 Å². The largest absolute Gasteiger partial charge is 0.338 e. The Labute approximate surface area is 141 Å². The van der Waals surface area contributed by atoms with Gasteiger partial charge in [-0.1, -0.05) is 18.2 Å². The summed E-state index contributed by atoms with van der Waals surface area (Å²) in [6.45, 7) is 5.75. The van der Waals surface area contributed by atoms with E-state index in [9.17, 15) is 9.59 Å². The van der Waals surface area contributed by atoms with Crippen molar-refractivity contribution in [2.45, 2.75) is 20.3 Å². The third-order valence-corrected chi connectivity index (χ3v) is 4.50. The fourth-order valence-electron chi connectivity index (χ4n) is 3.13. The van der Waals surface area contributed by atoms with Crippen LogP contribution in [0.25, 0.3) is 0 Å². The fourth-order valence-corrected chi connectivity index (χ4v) is 3.13. The average Bonchev–Trinajstić information content (AvgIpc) is 3.19. The van der Waals surface area contributed by atoms with E-state index in [0.29, 0.717) is 31.0 Å². The fraction of sp³-hybridized carbons (Fsp3) is 0.389. The molecule has 126 valence electrons. The van der Waals surface area contributed by atoms with E-state index >= 15 is 0 Å². The van der Waals surface area contributed by atoms with Crippen LogP contribution in [0.3, 0.4) is 0 Å². The van der Waals surface area contributed by atoms with Gasteiger partial charge in [-0.3, -0.25) is 14.3 Å². The summed E-state index contributed by atoms with van der Waals surface area (Å²) in [5, 5.41) is 4.25. The van der Waals surface area contributed by atoms with Crippen molar-refractivity contribution in [3.05, 3.63) is 47.3 Å². The minimum Gasteiger partial charge on any atom is -0.338 e.